The fraction of sp³-hybridized carbons (Fsp3) is 0.867. The van der Waals surface area contributed by atoms with Crippen molar-refractivity contribution in [1.82, 2.24) is 9.80 Å². The van der Waals surface area contributed by atoms with Crippen LogP contribution in [0.3, 0.4) is 0 Å². The van der Waals surface area contributed by atoms with Crippen LogP contribution in [0, 0.1) is 0 Å². The van der Waals surface area contributed by atoms with Crippen molar-refractivity contribution in [3.63, 3.8) is 0 Å². The van der Waals surface area contributed by atoms with Crippen molar-refractivity contribution < 1.29 is 19.8 Å². The van der Waals surface area contributed by atoms with Crippen LogP contribution < -0.4 is 0 Å². The number of nitrogens with zero attached hydrogens (tertiary/aromatic N) is 2. The van der Waals surface area contributed by atoms with Gasteiger partial charge in [-0.2, -0.15) is 0 Å². The van der Waals surface area contributed by atoms with E-state index in [2.05, 4.69) is 0 Å². The number of rotatable bonds is 7. The van der Waals surface area contributed by atoms with Gasteiger partial charge < -0.3 is 20.0 Å². The van der Waals surface area contributed by atoms with Crippen molar-refractivity contribution in [2.45, 2.75) is 64.5 Å². The van der Waals surface area contributed by atoms with E-state index in [-0.39, 0.29) is 25.2 Å². The molecular weight excluding hydrogens is 272 g/mol. The topological polar surface area (TPSA) is 81.1 Å². The Morgan fingerprint density at radius 1 is 1.29 bits per heavy atom. The minimum absolute atomic E-state index is 0.0357. The van der Waals surface area contributed by atoms with Gasteiger partial charge in [0.1, 0.15) is 5.54 Å². The zero-order valence-electron chi connectivity index (χ0n) is 13.3. The molecule has 1 fully saturated rings. The first-order chi connectivity index (χ1) is 9.98. The van der Waals surface area contributed by atoms with E-state index in [0.29, 0.717) is 25.8 Å². The summed E-state index contributed by atoms with van der Waals surface area (Å²) in [6.07, 6.45) is 3.21. The lowest BCUT2D eigenvalue weighted by atomic mass is 9.93. The molecule has 0 bridgehead atoms. The molecule has 122 valence electrons. The summed E-state index contributed by atoms with van der Waals surface area (Å²) >= 11 is 0. The van der Waals surface area contributed by atoms with Crippen molar-refractivity contribution in [3.05, 3.63) is 0 Å². The molecule has 2 N–H and O–H groups in total. The average Bonchev–Trinajstić information content (AvgIpc) is 2.92. The highest BCUT2D eigenvalue weighted by molar-refractivity contribution is 5.87. The first-order valence-corrected chi connectivity index (χ1v) is 7.90. The second-order valence-corrected chi connectivity index (χ2v) is 5.62. The van der Waals surface area contributed by atoms with Crippen LogP contribution in [-0.4, -0.2) is 63.3 Å². The molecule has 1 atom stereocenters. The van der Waals surface area contributed by atoms with Gasteiger partial charge in [0.25, 0.3) is 0 Å². The zero-order chi connectivity index (χ0) is 16.0. The Morgan fingerprint density at radius 3 is 2.33 bits per heavy atom. The van der Waals surface area contributed by atoms with Crippen LogP contribution >= 0.6 is 0 Å². The Bertz CT molecular complexity index is 371. The van der Waals surface area contributed by atoms with E-state index in [1.54, 1.807) is 4.90 Å². The SMILES string of the molecule is CCC(CC)N(CCO)C(=O)N1CCCC1(CC)C(=O)O. The number of hydrogen-bond donors (Lipinski definition) is 2. The first kappa shape index (κ1) is 17.8. The molecule has 1 saturated heterocycles. The third-order valence-corrected chi connectivity index (χ3v) is 4.67. The van der Waals surface area contributed by atoms with Crippen LogP contribution in [0.4, 0.5) is 4.79 Å². The van der Waals surface area contributed by atoms with Crippen LogP contribution in [0.2, 0.25) is 0 Å². The first-order valence-electron chi connectivity index (χ1n) is 7.90. The molecule has 0 aromatic rings. The molecule has 21 heavy (non-hydrogen) atoms. The summed E-state index contributed by atoms with van der Waals surface area (Å²) in [7, 11) is 0. The molecule has 6 heteroatoms. The van der Waals surface area contributed by atoms with Crippen molar-refractivity contribution in [3.8, 4) is 0 Å². The Balaban J connectivity index is 3.04. The molecule has 1 rings (SSSR count). The number of amides is 2. The van der Waals surface area contributed by atoms with Gasteiger partial charge in [0.2, 0.25) is 0 Å². The predicted molar refractivity (Wildman–Crippen MR) is 80.2 cm³/mol. The largest absolute Gasteiger partial charge is 0.479 e. The summed E-state index contributed by atoms with van der Waals surface area (Å²) in [6, 6.07) is -0.215. The number of aliphatic hydroxyl groups excluding tert-OH is 1. The van der Waals surface area contributed by atoms with E-state index in [1.807, 2.05) is 20.8 Å². The fourth-order valence-corrected chi connectivity index (χ4v) is 3.33. The van der Waals surface area contributed by atoms with E-state index in [1.165, 1.54) is 4.90 Å². The minimum Gasteiger partial charge on any atom is -0.479 e. The van der Waals surface area contributed by atoms with Gasteiger partial charge >= 0.3 is 12.0 Å². The number of carbonyl (C=O) groups is 2. The van der Waals surface area contributed by atoms with Crippen LogP contribution in [0.1, 0.15) is 52.9 Å². The summed E-state index contributed by atoms with van der Waals surface area (Å²) in [6.45, 7) is 6.43. The van der Waals surface area contributed by atoms with Gasteiger partial charge in [0, 0.05) is 19.1 Å². The number of hydrogen-bond acceptors (Lipinski definition) is 3. The van der Waals surface area contributed by atoms with Gasteiger partial charge in [-0.1, -0.05) is 20.8 Å². The van der Waals surface area contributed by atoms with Crippen molar-refractivity contribution in [1.29, 1.82) is 0 Å². The average molecular weight is 300 g/mol. The second kappa shape index (κ2) is 7.64. The highest BCUT2D eigenvalue weighted by atomic mass is 16.4. The molecular formula is C15H28N2O4. The van der Waals surface area contributed by atoms with Crippen molar-refractivity contribution >= 4 is 12.0 Å². The van der Waals surface area contributed by atoms with E-state index in [0.717, 1.165) is 12.8 Å². The van der Waals surface area contributed by atoms with Crippen LogP contribution in [0.15, 0.2) is 0 Å². The third kappa shape index (κ3) is 3.31. The molecule has 1 aliphatic heterocycles. The molecule has 2 amide bonds. The summed E-state index contributed by atoms with van der Waals surface area (Å²) in [5, 5.41) is 18.8. The van der Waals surface area contributed by atoms with Crippen LogP contribution in [0.5, 0.6) is 0 Å². The quantitative estimate of drug-likeness (QED) is 0.752. The molecule has 0 aromatic carbocycles. The number of urea groups is 1. The predicted octanol–water partition coefficient (Wildman–Crippen LogP) is 1.92. The van der Waals surface area contributed by atoms with Crippen molar-refractivity contribution in [2.75, 3.05) is 19.7 Å². The fourth-order valence-electron chi connectivity index (χ4n) is 3.33. The van der Waals surface area contributed by atoms with E-state index in [9.17, 15) is 19.8 Å². The van der Waals surface area contributed by atoms with Crippen molar-refractivity contribution in [2.24, 2.45) is 0 Å². The molecule has 1 unspecified atom stereocenters. The third-order valence-electron chi connectivity index (χ3n) is 4.67. The maximum Gasteiger partial charge on any atom is 0.329 e. The minimum atomic E-state index is -1.09. The summed E-state index contributed by atoms with van der Waals surface area (Å²) in [4.78, 5) is 27.7. The molecule has 1 heterocycles. The number of carboxylic acids is 1. The molecule has 6 nitrogen and oxygen atoms in total. The Labute approximate surface area is 126 Å². The number of likely N-dealkylation sites (tertiary alicyclic amines) is 1. The summed E-state index contributed by atoms with van der Waals surface area (Å²) in [5.74, 6) is -0.927. The maximum absolute atomic E-state index is 12.9. The zero-order valence-corrected chi connectivity index (χ0v) is 13.3. The normalized spacial score (nSPS) is 21.9. The molecule has 0 aliphatic carbocycles. The van der Waals surface area contributed by atoms with E-state index < -0.39 is 11.5 Å². The van der Waals surface area contributed by atoms with Gasteiger partial charge in [0.05, 0.1) is 6.61 Å². The Hall–Kier alpha value is -1.30. The summed E-state index contributed by atoms with van der Waals surface area (Å²) in [5.41, 5.74) is -1.09. The lowest BCUT2D eigenvalue weighted by Crippen LogP contribution is -2.58. The van der Waals surface area contributed by atoms with Crippen LogP contribution in [0.25, 0.3) is 0 Å². The van der Waals surface area contributed by atoms with Gasteiger partial charge in [-0.05, 0) is 32.1 Å². The second-order valence-electron chi connectivity index (χ2n) is 5.62. The van der Waals surface area contributed by atoms with Gasteiger partial charge in [-0.3, -0.25) is 0 Å². The number of aliphatic carboxylic acids is 1. The Kier molecular flexibility index (Phi) is 6.45. The smallest absolute Gasteiger partial charge is 0.329 e. The summed E-state index contributed by atoms with van der Waals surface area (Å²) < 4.78 is 0. The lowest BCUT2D eigenvalue weighted by Gasteiger charge is -2.40. The molecule has 0 spiro atoms. The van der Waals surface area contributed by atoms with Gasteiger partial charge in [-0.25, -0.2) is 9.59 Å². The Morgan fingerprint density at radius 2 is 1.90 bits per heavy atom. The molecule has 0 saturated carbocycles. The highest BCUT2D eigenvalue weighted by Crippen LogP contribution is 2.34. The molecule has 0 aromatic heterocycles. The van der Waals surface area contributed by atoms with E-state index >= 15 is 0 Å². The monoisotopic (exact) mass is 300 g/mol. The highest BCUT2D eigenvalue weighted by Gasteiger charge is 2.49. The van der Waals surface area contributed by atoms with Crippen LogP contribution in [-0.2, 0) is 4.79 Å². The molecule has 0 radical (unpaired) electrons. The standard InChI is InChI=1S/C15H28N2O4/c1-4-12(5-2)16(10-11-18)14(21)17-9-7-8-15(17,6-3)13(19)20/h12,18H,4-11H2,1-3H3,(H,19,20). The number of carboxylic acid groups (broad SMARTS) is 1. The lowest BCUT2D eigenvalue weighted by molar-refractivity contribution is -0.148. The van der Waals surface area contributed by atoms with Gasteiger partial charge in [-0.15, -0.1) is 0 Å². The van der Waals surface area contributed by atoms with Gasteiger partial charge in [0.15, 0.2) is 0 Å². The number of carbonyl (C=O) groups excluding carboxylic acids is 1. The maximum atomic E-state index is 12.9. The number of aliphatic hydroxyl groups is 1. The van der Waals surface area contributed by atoms with E-state index in [4.69, 9.17) is 0 Å². The molecule has 1 aliphatic rings.